The van der Waals surface area contributed by atoms with E-state index < -0.39 is 11.8 Å². The summed E-state index contributed by atoms with van der Waals surface area (Å²) in [5, 5.41) is 0.895. The molecule has 1 unspecified atom stereocenters. The number of hydrogen-bond acceptors (Lipinski definition) is 5. The SMILES string of the molecule is COc1ccc2cc(C(CCC(N)=O)C(=O)OCC(C)C)c(C)nc2c1. The lowest BCUT2D eigenvalue weighted by Crippen LogP contribution is -2.22. The molecule has 1 aromatic heterocycles. The zero-order chi connectivity index (χ0) is 19.3. The first-order valence-electron chi connectivity index (χ1n) is 8.72. The van der Waals surface area contributed by atoms with E-state index in [1.807, 2.05) is 45.0 Å². The number of methoxy groups -OCH3 is 1. The molecule has 0 saturated heterocycles. The Labute approximate surface area is 153 Å². The van der Waals surface area contributed by atoms with Crippen LogP contribution in [0.15, 0.2) is 24.3 Å². The van der Waals surface area contributed by atoms with E-state index in [-0.39, 0.29) is 18.3 Å². The van der Waals surface area contributed by atoms with Gasteiger partial charge in [0, 0.05) is 23.6 Å². The van der Waals surface area contributed by atoms with Gasteiger partial charge in [-0.3, -0.25) is 14.6 Å². The Morgan fingerprint density at radius 1 is 1.23 bits per heavy atom. The van der Waals surface area contributed by atoms with E-state index in [4.69, 9.17) is 15.2 Å². The number of fused-ring (bicyclic) bond motifs is 1. The number of aromatic nitrogens is 1. The standard InChI is InChI=1S/C20H26N2O4/c1-12(2)11-26-20(24)16(7-8-19(21)23)17-9-14-5-6-15(25-4)10-18(14)22-13(17)3/h5-6,9-10,12,16H,7-8,11H2,1-4H3,(H2,21,23). The molecule has 0 saturated carbocycles. The largest absolute Gasteiger partial charge is 0.497 e. The fourth-order valence-electron chi connectivity index (χ4n) is 2.78. The molecule has 1 heterocycles. The maximum Gasteiger partial charge on any atom is 0.313 e. The van der Waals surface area contributed by atoms with Crippen LogP contribution in [0.3, 0.4) is 0 Å². The van der Waals surface area contributed by atoms with Crippen LogP contribution in [0.4, 0.5) is 0 Å². The third kappa shape index (κ3) is 4.94. The van der Waals surface area contributed by atoms with Gasteiger partial charge in [-0.15, -0.1) is 0 Å². The predicted molar refractivity (Wildman–Crippen MR) is 100.0 cm³/mol. The Morgan fingerprint density at radius 3 is 2.58 bits per heavy atom. The molecule has 2 rings (SSSR count). The number of carbonyl (C=O) groups excluding carboxylic acids is 2. The third-order valence-electron chi connectivity index (χ3n) is 4.15. The summed E-state index contributed by atoms with van der Waals surface area (Å²) in [5.74, 6) is -0.404. The normalized spacial score (nSPS) is 12.2. The zero-order valence-electron chi connectivity index (χ0n) is 15.7. The molecular weight excluding hydrogens is 332 g/mol. The zero-order valence-corrected chi connectivity index (χ0v) is 15.7. The summed E-state index contributed by atoms with van der Waals surface area (Å²) < 4.78 is 10.6. The molecule has 1 aromatic carbocycles. The number of rotatable bonds is 8. The van der Waals surface area contributed by atoms with E-state index in [0.717, 1.165) is 27.9 Å². The Kier molecular flexibility index (Phi) is 6.55. The minimum absolute atomic E-state index is 0.113. The van der Waals surface area contributed by atoms with E-state index >= 15 is 0 Å². The van der Waals surface area contributed by atoms with Gasteiger partial charge in [0.1, 0.15) is 5.75 Å². The van der Waals surface area contributed by atoms with Crippen LogP contribution in [0.1, 0.15) is 43.9 Å². The van der Waals surface area contributed by atoms with Gasteiger partial charge in [0.25, 0.3) is 0 Å². The fourth-order valence-corrected chi connectivity index (χ4v) is 2.78. The second-order valence-corrected chi connectivity index (χ2v) is 6.80. The van der Waals surface area contributed by atoms with Gasteiger partial charge < -0.3 is 15.2 Å². The van der Waals surface area contributed by atoms with E-state index in [1.54, 1.807) is 7.11 Å². The second kappa shape index (κ2) is 8.65. The number of ether oxygens (including phenoxy) is 2. The molecule has 2 aromatic rings. The Balaban J connectivity index is 2.40. The minimum atomic E-state index is -0.569. The van der Waals surface area contributed by atoms with Gasteiger partial charge in [0.15, 0.2) is 0 Å². The molecule has 2 N–H and O–H groups in total. The highest BCUT2D eigenvalue weighted by molar-refractivity contribution is 5.85. The Morgan fingerprint density at radius 2 is 1.96 bits per heavy atom. The van der Waals surface area contributed by atoms with Crippen molar-refractivity contribution in [2.45, 2.75) is 39.5 Å². The number of nitrogens with two attached hydrogens (primary N) is 1. The number of esters is 1. The number of amides is 1. The van der Waals surface area contributed by atoms with Crippen molar-refractivity contribution in [3.63, 3.8) is 0 Å². The summed E-state index contributed by atoms with van der Waals surface area (Å²) in [4.78, 5) is 28.5. The molecule has 0 fully saturated rings. The molecule has 0 aliphatic heterocycles. The monoisotopic (exact) mass is 358 g/mol. The predicted octanol–water partition coefficient (Wildman–Crippen LogP) is 3.10. The molecule has 0 aliphatic carbocycles. The van der Waals surface area contributed by atoms with Crippen molar-refractivity contribution in [2.24, 2.45) is 11.7 Å². The summed E-state index contributed by atoms with van der Waals surface area (Å²) in [5.41, 5.74) is 7.55. The molecule has 1 atom stereocenters. The molecule has 0 radical (unpaired) electrons. The summed E-state index contributed by atoms with van der Waals surface area (Å²) >= 11 is 0. The van der Waals surface area contributed by atoms with E-state index in [0.29, 0.717) is 13.0 Å². The van der Waals surface area contributed by atoms with E-state index in [9.17, 15) is 9.59 Å². The van der Waals surface area contributed by atoms with E-state index in [2.05, 4.69) is 4.98 Å². The van der Waals surface area contributed by atoms with Gasteiger partial charge in [-0.1, -0.05) is 13.8 Å². The molecule has 0 spiro atoms. The number of primary amides is 1. The lowest BCUT2D eigenvalue weighted by molar-refractivity contribution is -0.146. The van der Waals surface area contributed by atoms with Gasteiger partial charge in [0.2, 0.25) is 5.91 Å². The van der Waals surface area contributed by atoms with Crippen molar-refractivity contribution in [3.8, 4) is 5.75 Å². The van der Waals surface area contributed by atoms with Gasteiger partial charge >= 0.3 is 5.97 Å². The summed E-state index contributed by atoms with van der Waals surface area (Å²) in [6.07, 6.45) is 0.415. The molecule has 26 heavy (non-hydrogen) atoms. The summed E-state index contributed by atoms with van der Waals surface area (Å²) in [7, 11) is 1.60. The third-order valence-corrected chi connectivity index (χ3v) is 4.15. The quantitative estimate of drug-likeness (QED) is 0.732. The highest BCUT2D eigenvalue weighted by Crippen LogP contribution is 2.29. The highest BCUT2D eigenvalue weighted by Gasteiger charge is 2.25. The number of hydrogen-bond donors (Lipinski definition) is 1. The average molecular weight is 358 g/mol. The molecule has 0 bridgehead atoms. The second-order valence-electron chi connectivity index (χ2n) is 6.80. The van der Waals surface area contributed by atoms with Crippen molar-refractivity contribution < 1.29 is 19.1 Å². The Hall–Kier alpha value is -2.63. The van der Waals surface area contributed by atoms with Crippen LogP contribution < -0.4 is 10.5 Å². The van der Waals surface area contributed by atoms with Crippen LogP contribution in [0.2, 0.25) is 0 Å². The molecule has 6 nitrogen and oxygen atoms in total. The lowest BCUT2D eigenvalue weighted by atomic mass is 9.91. The topological polar surface area (TPSA) is 91.5 Å². The van der Waals surface area contributed by atoms with Crippen LogP contribution in [0.5, 0.6) is 5.75 Å². The van der Waals surface area contributed by atoms with Crippen molar-refractivity contribution in [3.05, 3.63) is 35.5 Å². The smallest absolute Gasteiger partial charge is 0.313 e. The first-order valence-corrected chi connectivity index (χ1v) is 8.72. The first kappa shape index (κ1) is 19.7. The maximum absolute atomic E-state index is 12.6. The summed E-state index contributed by atoms with van der Waals surface area (Å²) in [6, 6.07) is 7.52. The van der Waals surface area contributed by atoms with Gasteiger partial charge in [-0.05, 0) is 43.0 Å². The fraction of sp³-hybridized carbons (Fsp3) is 0.450. The number of benzene rings is 1. The van der Waals surface area contributed by atoms with Crippen LogP contribution in [-0.4, -0.2) is 30.6 Å². The van der Waals surface area contributed by atoms with Gasteiger partial charge in [-0.25, -0.2) is 0 Å². The van der Waals surface area contributed by atoms with Crippen LogP contribution in [-0.2, 0) is 14.3 Å². The number of aryl methyl sites for hydroxylation is 1. The van der Waals surface area contributed by atoms with Crippen molar-refractivity contribution in [2.75, 3.05) is 13.7 Å². The first-order chi connectivity index (χ1) is 12.3. The van der Waals surface area contributed by atoms with Crippen LogP contribution >= 0.6 is 0 Å². The highest BCUT2D eigenvalue weighted by atomic mass is 16.5. The molecular formula is C20H26N2O4. The van der Waals surface area contributed by atoms with Crippen LogP contribution in [0, 0.1) is 12.8 Å². The van der Waals surface area contributed by atoms with Gasteiger partial charge in [-0.2, -0.15) is 0 Å². The van der Waals surface area contributed by atoms with Crippen molar-refractivity contribution >= 4 is 22.8 Å². The number of carbonyl (C=O) groups is 2. The van der Waals surface area contributed by atoms with Crippen molar-refractivity contribution in [1.82, 2.24) is 4.98 Å². The van der Waals surface area contributed by atoms with Crippen molar-refractivity contribution in [1.29, 1.82) is 0 Å². The Bertz CT molecular complexity index is 802. The number of pyridine rings is 1. The lowest BCUT2D eigenvalue weighted by Gasteiger charge is -2.19. The average Bonchev–Trinajstić information content (AvgIpc) is 2.59. The minimum Gasteiger partial charge on any atom is -0.497 e. The molecule has 1 amide bonds. The van der Waals surface area contributed by atoms with Gasteiger partial charge in [0.05, 0.1) is 25.2 Å². The molecule has 6 heteroatoms. The maximum atomic E-state index is 12.6. The molecule has 0 aliphatic rings. The van der Waals surface area contributed by atoms with E-state index in [1.165, 1.54) is 0 Å². The van der Waals surface area contributed by atoms with Crippen LogP contribution in [0.25, 0.3) is 10.9 Å². The summed E-state index contributed by atoms with van der Waals surface area (Å²) in [6.45, 7) is 6.13. The molecule has 140 valence electrons. The number of nitrogens with zero attached hydrogens (tertiary/aromatic N) is 1.